The lowest BCUT2D eigenvalue weighted by atomic mass is 10.6. The Bertz CT molecular complexity index is 140. The smallest absolute Gasteiger partial charge is 0.333 e. The highest BCUT2D eigenvalue weighted by Crippen LogP contribution is 2.05. The Labute approximate surface area is 68.2 Å². The van der Waals surface area contributed by atoms with Crippen LogP contribution in [0.4, 0.5) is 0 Å². The Hall–Kier alpha value is -0.250. The highest BCUT2D eigenvalue weighted by molar-refractivity contribution is 6.56. The maximum absolute atomic E-state index is 10.4. The Kier molecular flexibility index (Phi) is 5.39. The second-order valence-electron chi connectivity index (χ2n) is 1.33. The molecule has 0 amide bonds. The van der Waals surface area contributed by atoms with Crippen molar-refractivity contribution in [1.82, 2.24) is 0 Å². The van der Waals surface area contributed by atoms with Gasteiger partial charge in [0.05, 0.1) is 12.7 Å². The zero-order chi connectivity index (χ0) is 7.98. The fourth-order valence-corrected chi connectivity index (χ4v) is 0.455. The van der Waals surface area contributed by atoms with Gasteiger partial charge >= 0.3 is 5.97 Å². The van der Waals surface area contributed by atoms with Gasteiger partial charge < -0.3 is 9.84 Å². The minimum Gasteiger partial charge on any atom is -0.460 e. The first-order chi connectivity index (χ1) is 4.66. The largest absolute Gasteiger partial charge is 0.460 e. The maximum Gasteiger partial charge on any atom is 0.333 e. The van der Waals surface area contributed by atoms with E-state index in [4.69, 9.17) is 28.3 Å². The molecule has 0 saturated heterocycles. The number of esters is 1. The van der Waals surface area contributed by atoms with Gasteiger partial charge in [0.25, 0.3) is 0 Å². The van der Waals surface area contributed by atoms with E-state index in [-0.39, 0.29) is 17.7 Å². The standard InChI is InChI=1S/C5H6Cl2O3/c6-4(7)3-5(9)10-2-1-8/h3,8H,1-2H2. The van der Waals surface area contributed by atoms with E-state index in [1.54, 1.807) is 0 Å². The molecule has 0 fully saturated rings. The molecule has 0 rings (SSSR count). The number of ether oxygens (including phenoxy) is 1. The summed E-state index contributed by atoms with van der Waals surface area (Å²) in [7, 11) is 0. The van der Waals surface area contributed by atoms with Crippen LogP contribution >= 0.6 is 23.2 Å². The zero-order valence-electron chi connectivity index (χ0n) is 5.01. The summed E-state index contributed by atoms with van der Waals surface area (Å²) < 4.78 is 4.20. The molecule has 0 aliphatic heterocycles. The molecule has 0 aliphatic rings. The van der Waals surface area contributed by atoms with E-state index >= 15 is 0 Å². The normalized spacial score (nSPS) is 8.70. The topological polar surface area (TPSA) is 46.5 Å². The number of carbonyl (C=O) groups is 1. The zero-order valence-corrected chi connectivity index (χ0v) is 6.52. The summed E-state index contributed by atoms with van der Waals surface area (Å²) in [6, 6.07) is 0. The number of hydrogen-bond acceptors (Lipinski definition) is 3. The third-order valence-corrected chi connectivity index (χ3v) is 0.781. The Balaban J connectivity index is 3.54. The van der Waals surface area contributed by atoms with Crippen LogP contribution in [0.3, 0.4) is 0 Å². The van der Waals surface area contributed by atoms with Crippen molar-refractivity contribution in [2.75, 3.05) is 13.2 Å². The van der Waals surface area contributed by atoms with Crippen LogP contribution in [0.2, 0.25) is 0 Å². The summed E-state index contributed by atoms with van der Waals surface area (Å²) >= 11 is 10.2. The van der Waals surface area contributed by atoms with Crippen LogP contribution in [0.1, 0.15) is 0 Å². The van der Waals surface area contributed by atoms with Gasteiger partial charge in [-0.2, -0.15) is 0 Å². The minimum absolute atomic E-state index is 0.0452. The number of halogens is 2. The van der Waals surface area contributed by atoms with Gasteiger partial charge in [0, 0.05) is 0 Å². The molecule has 5 heteroatoms. The predicted octanol–water partition coefficient (Wildman–Crippen LogP) is 0.841. The predicted molar refractivity (Wildman–Crippen MR) is 37.8 cm³/mol. The van der Waals surface area contributed by atoms with Crippen molar-refractivity contribution in [3.63, 3.8) is 0 Å². The lowest BCUT2D eigenvalue weighted by Gasteiger charge is -1.95. The fraction of sp³-hybridized carbons (Fsp3) is 0.400. The van der Waals surface area contributed by atoms with E-state index in [1.165, 1.54) is 0 Å². The van der Waals surface area contributed by atoms with Crippen LogP contribution < -0.4 is 0 Å². The first-order valence-corrected chi connectivity index (χ1v) is 3.22. The van der Waals surface area contributed by atoms with E-state index in [2.05, 4.69) is 4.74 Å². The van der Waals surface area contributed by atoms with E-state index in [0.717, 1.165) is 6.08 Å². The second kappa shape index (κ2) is 5.53. The number of rotatable bonds is 3. The van der Waals surface area contributed by atoms with Gasteiger partial charge in [0.2, 0.25) is 0 Å². The summed E-state index contributed by atoms with van der Waals surface area (Å²) in [5.74, 6) is -0.658. The van der Waals surface area contributed by atoms with Crippen LogP contribution in [0.5, 0.6) is 0 Å². The van der Waals surface area contributed by atoms with Crippen molar-refractivity contribution in [3.05, 3.63) is 10.6 Å². The highest BCUT2D eigenvalue weighted by atomic mass is 35.5. The average Bonchev–Trinajstić information content (AvgIpc) is 1.82. The molecule has 0 saturated carbocycles. The van der Waals surface area contributed by atoms with Crippen LogP contribution in [0, 0.1) is 0 Å². The molecule has 1 N–H and O–H groups in total. The molecule has 0 unspecified atom stereocenters. The molecule has 0 bridgehead atoms. The minimum atomic E-state index is -0.658. The van der Waals surface area contributed by atoms with Gasteiger partial charge in [-0.3, -0.25) is 0 Å². The second-order valence-corrected chi connectivity index (χ2v) is 2.33. The highest BCUT2D eigenvalue weighted by Gasteiger charge is 1.96. The quantitative estimate of drug-likeness (QED) is 0.523. The van der Waals surface area contributed by atoms with Crippen molar-refractivity contribution in [2.24, 2.45) is 0 Å². The molecule has 0 aromatic carbocycles. The molecule has 10 heavy (non-hydrogen) atoms. The summed E-state index contributed by atoms with van der Waals surface area (Å²) in [5.41, 5.74) is 0. The molecule has 0 atom stereocenters. The molecule has 3 nitrogen and oxygen atoms in total. The number of hydrogen-bond donors (Lipinski definition) is 1. The van der Waals surface area contributed by atoms with Gasteiger partial charge in [0.15, 0.2) is 0 Å². The summed E-state index contributed by atoms with van der Waals surface area (Å²) in [5, 5.41) is 8.19. The molecule has 0 aromatic rings. The monoisotopic (exact) mass is 184 g/mol. The lowest BCUT2D eigenvalue weighted by molar-refractivity contribution is -0.138. The molecular weight excluding hydrogens is 179 g/mol. The SMILES string of the molecule is O=C(C=C(Cl)Cl)OCCO. The molecular formula is C5H6Cl2O3. The third-order valence-electron chi connectivity index (χ3n) is 0.563. The first-order valence-electron chi connectivity index (χ1n) is 2.47. The molecule has 0 aromatic heterocycles. The van der Waals surface area contributed by atoms with Crippen LogP contribution in [-0.4, -0.2) is 24.3 Å². The van der Waals surface area contributed by atoms with E-state index < -0.39 is 5.97 Å². The van der Waals surface area contributed by atoms with Gasteiger partial charge in [0.1, 0.15) is 11.1 Å². The first kappa shape index (κ1) is 9.75. The van der Waals surface area contributed by atoms with Gasteiger partial charge in [-0.1, -0.05) is 23.2 Å². The lowest BCUT2D eigenvalue weighted by Crippen LogP contribution is -2.05. The van der Waals surface area contributed by atoms with Gasteiger partial charge in [-0.15, -0.1) is 0 Å². The van der Waals surface area contributed by atoms with Crippen molar-refractivity contribution in [2.45, 2.75) is 0 Å². The van der Waals surface area contributed by atoms with Crippen LogP contribution in [0.15, 0.2) is 10.6 Å². The van der Waals surface area contributed by atoms with Crippen molar-refractivity contribution < 1.29 is 14.6 Å². The summed E-state index contributed by atoms with van der Waals surface area (Å²) in [6.07, 6.45) is 0.915. The molecule has 0 heterocycles. The van der Waals surface area contributed by atoms with E-state index in [9.17, 15) is 4.79 Å². The molecule has 0 radical (unpaired) electrons. The summed E-state index contributed by atoms with van der Waals surface area (Å²) in [6.45, 7) is -0.254. The molecule has 0 spiro atoms. The van der Waals surface area contributed by atoms with Gasteiger partial charge in [-0.25, -0.2) is 4.79 Å². The van der Waals surface area contributed by atoms with E-state index in [1.807, 2.05) is 0 Å². The molecule has 58 valence electrons. The van der Waals surface area contributed by atoms with Crippen molar-refractivity contribution >= 4 is 29.2 Å². The Morgan fingerprint density at radius 2 is 2.20 bits per heavy atom. The fourth-order valence-electron chi connectivity index (χ4n) is 0.277. The third kappa shape index (κ3) is 5.88. The Morgan fingerprint density at radius 3 is 2.60 bits per heavy atom. The number of aliphatic hydroxyl groups is 1. The van der Waals surface area contributed by atoms with E-state index in [0.29, 0.717) is 0 Å². The number of aliphatic hydroxyl groups excluding tert-OH is 1. The van der Waals surface area contributed by atoms with Crippen LogP contribution in [0.25, 0.3) is 0 Å². The number of carbonyl (C=O) groups excluding carboxylic acids is 1. The van der Waals surface area contributed by atoms with Crippen molar-refractivity contribution in [1.29, 1.82) is 0 Å². The van der Waals surface area contributed by atoms with Crippen molar-refractivity contribution in [3.8, 4) is 0 Å². The summed E-state index contributed by atoms with van der Waals surface area (Å²) in [4.78, 5) is 10.4. The van der Waals surface area contributed by atoms with Gasteiger partial charge in [-0.05, 0) is 0 Å². The van der Waals surface area contributed by atoms with Crippen LogP contribution in [-0.2, 0) is 9.53 Å². The maximum atomic E-state index is 10.4. The molecule has 0 aliphatic carbocycles. The Morgan fingerprint density at radius 1 is 1.60 bits per heavy atom. The average molecular weight is 185 g/mol.